The number of carbonyl (C=O) groups is 2. The number of thiophene rings is 1. The van der Waals surface area contributed by atoms with Crippen molar-refractivity contribution in [3.8, 4) is 5.75 Å². The molecule has 0 saturated heterocycles. The number of methoxy groups -OCH3 is 2. The van der Waals surface area contributed by atoms with Crippen LogP contribution in [0.2, 0.25) is 0 Å². The highest BCUT2D eigenvalue weighted by Crippen LogP contribution is 2.44. The Hall–Kier alpha value is -2.34. The zero-order chi connectivity index (χ0) is 20.5. The summed E-state index contributed by atoms with van der Waals surface area (Å²) in [5.41, 5.74) is 2.15. The van der Waals surface area contributed by atoms with E-state index >= 15 is 0 Å². The molecule has 1 N–H and O–H groups in total. The lowest BCUT2D eigenvalue weighted by Crippen LogP contribution is -2.26. The SMILES string of the molecule is COC(=O)c1c(NC(=O)c2ccccc2OC)sc2c1CC[C@H](C(C)(C)C)C2. The van der Waals surface area contributed by atoms with Gasteiger partial charge < -0.3 is 14.8 Å². The first-order valence-electron chi connectivity index (χ1n) is 9.43. The highest BCUT2D eigenvalue weighted by molar-refractivity contribution is 7.17. The molecule has 2 aromatic rings. The summed E-state index contributed by atoms with van der Waals surface area (Å²) in [5, 5.41) is 3.48. The molecular formula is C22H27NO4S. The van der Waals surface area contributed by atoms with Crippen LogP contribution in [0.5, 0.6) is 5.75 Å². The van der Waals surface area contributed by atoms with E-state index in [2.05, 4.69) is 26.1 Å². The molecule has 1 heterocycles. The molecule has 5 nitrogen and oxygen atoms in total. The summed E-state index contributed by atoms with van der Waals surface area (Å²) < 4.78 is 10.3. The number of para-hydroxylation sites is 1. The van der Waals surface area contributed by atoms with Gasteiger partial charge in [0.1, 0.15) is 10.8 Å². The molecule has 0 unspecified atom stereocenters. The minimum Gasteiger partial charge on any atom is -0.496 e. The Labute approximate surface area is 170 Å². The molecule has 6 heteroatoms. The van der Waals surface area contributed by atoms with Crippen molar-refractivity contribution in [3.63, 3.8) is 0 Å². The summed E-state index contributed by atoms with van der Waals surface area (Å²) >= 11 is 1.49. The van der Waals surface area contributed by atoms with Gasteiger partial charge in [0.25, 0.3) is 5.91 Å². The Morgan fingerprint density at radius 1 is 1.18 bits per heavy atom. The minimum absolute atomic E-state index is 0.202. The Balaban J connectivity index is 1.96. The monoisotopic (exact) mass is 401 g/mol. The smallest absolute Gasteiger partial charge is 0.341 e. The second-order valence-corrected chi connectivity index (χ2v) is 9.26. The summed E-state index contributed by atoms with van der Waals surface area (Å²) in [6.07, 6.45) is 2.76. The summed E-state index contributed by atoms with van der Waals surface area (Å²) in [7, 11) is 2.90. The quantitative estimate of drug-likeness (QED) is 0.737. The summed E-state index contributed by atoms with van der Waals surface area (Å²) in [6, 6.07) is 7.04. The van der Waals surface area contributed by atoms with Gasteiger partial charge in [0.15, 0.2) is 0 Å². The number of amides is 1. The van der Waals surface area contributed by atoms with Crippen LogP contribution in [0.15, 0.2) is 24.3 Å². The molecular weight excluding hydrogens is 374 g/mol. The molecule has 3 rings (SSSR count). The normalized spacial score (nSPS) is 16.2. The fourth-order valence-electron chi connectivity index (χ4n) is 3.73. The van der Waals surface area contributed by atoms with E-state index in [-0.39, 0.29) is 11.3 Å². The van der Waals surface area contributed by atoms with Crippen LogP contribution in [0, 0.1) is 11.3 Å². The summed E-state index contributed by atoms with van der Waals surface area (Å²) in [5.74, 6) is 0.339. The van der Waals surface area contributed by atoms with Crippen molar-refractivity contribution in [1.82, 2.24) is 0 Å². The molecule has 1 aliphatic rings. The lowest BCUT2D eigenvalue weighted by molar-refractivity contribution is 0.0600. The molecule has 0 aliphatic heterocycles. The maximum atomic E-state index is 12.9. The number of ether oxygens (including phenoxy) is 2. The summed E-state index contributed by atoms with van der Waals surface area (Å²) in [6.45, 7) is 6.76. The maximum absolute atomic E-state index is 12.9. The fraction of sp³-hybridized carbons (Fsp3) is 0.455. The van der Waals surface area contributed by atoms with Crippen LogP contribution in [0.4, 0.5) is 5.00 Å². The lowest BCUT2D eigenvalue weighted by Gasteiger charge is -2.33. The molecule has 0 radical (unpaired) electrons. The van der Waals surface area contributed by atoms with E-state index in [0.29, 0.717) is 27.8 Å². The number of fused-ring (bicyclic) bond motifs is 1. The third-order valence-electron chi connectivity index (χ3n) is 5.46. The number of rotatable bonds is 4. The Kier molecular flexibility index (Phi) is 5.79. The van der Waals surface area contributed by atoms with Gasteiger partial charge in [-0.05, 0) is 48.3 Å². The van der Waals surface area contributed by atoms with Gasteiger partial charge in [0.2, 0.25) is 0 Å². The standard InChI is InChI=1S/C22H27NO4S/c1-22(2,3)13-10-11-15-17(12-13)28-20(18(15)21(25)27-5)23-19(24)14-8-6-7-9-16(14)26-4/h6-9,13H,10-12H2,1-5H3,(H,23,24)/t13-/m0/s1. The van der Waals surface area contributed by atoms with Gasteiger partial charge in [0, 0.05) is 4.88 Å². The molecule has 1 atom stereocenters. The van der Waals surface area contributed by atoms with Gasteiger partial charge in [0.05, 0.1) is 25.3 Å². The van der Waals surface area contributed by atoms with Crippen molar-refractivity contribution in [2.75, 3.05) is 19.5 Å². The summed E-state index contributed by atoms with van der Waals surface area (Å²) in [4.78, 5) is 26.5. The number of hydrogen-bond acceptors (Lipinski definition) is 5. The van der Waals surface area contributed by atoms with Crippen LogP contribution < -0.4 is 10.1 Å². The molecule has 1 amide bonds. The van der Waals surface area contributed by atoms with Gasteiger partial charge in [-0.3, -0.25) is 4.79 Å². The zero-order valence-electron chi connectivity index (χ0n) is 17.0. The molecule has 1 aliphatic carbocycles. The predicted octanol–water partition coefficient (Wildman–Crippen LogP) is 4.95. The molecule has 150 valence electrons. The average Bonchev–Trinajstić information content (AvgIpc) is 3.03. The van der Waals surface area contributed by atoms with Crippen LogP contribution in [0.3, 0.4) is 0 Å². The van der Waals surface area contributed by atoms with Gasteiger partial charge in [-0.2, -0.15) is 0 Å². The number of benzene rings is 1. The lowest BCUT2D eigenvalue weighted by atomic mass is 9.72. The fourth-order valence-corrected chi connectivity index (χ4v) is 5.04. The van der Waals surface area contributed by atoms with Crippen molar-refractivity contribution in [2.45, 2.75) is 40.0 Å². The third kappa shape index (κ3) is 3.92. The van der Waals surface area contributed by atoms with E-state index in [1.54, 1.807) is 18.2 Å². The first-order valence-corrected chi connectivity index (χ1v) is 10.2. The maximum Gasteiger partial charge on any atom is 0.341 e. The van der Waals surface area contributed by atoms with E-state index < -0.39 is 5.97 Å². The molecule has 1 aromatic carbocycles. The molecule has 0 fully saturated rings. The van der Waals surface area contributed by atoms with Crippen LogP contribution in [-0.2, 0) is 17.6 Å². The third-order valence-corrected chi connectivity index (χ3v) is 6.63. The Bertz CT molecular complexity index is 894. The highest BCUT2D eigenvalue weighted by Gasteiger charge is 2.34. The van der Waals surface area contributed by atoms with E-state index in [4.69, 9.17) is 9.47 Å². The zero-order valence-corrected chi connectivity index (χ0v) is 17.9. The first-order chi connectivity index (χ1) is 13.3. The van der Waals surface area contributed by atoms with Crippen molar-refractivity contribution in [3.05, 3.63) is 45.8 Å². The Morgan fingerprint density at radius 3 is 2.54 bits per heavy atom. The average molecular weight is 402 g/mol. The Morgan fingerprint density at radius 2 is 1.89 bits per heavy atom. The van der Waals surface area contributed by atoms with Gasteiger partial charge in [-0.15, -0.1) is 11.3 Å². The van der Waals surface area contributed by atoms with Crippen LogP contribution >= 0.6 is 11.3 Å². The topological polar surface area (TPSA) is 64.6 Å². The predicted molar refractivity (Wildman–Crippen MR) is 112 cm³/mol. The first kappa shape index (κ1) is 20.4. The van der Waals surface area contributed by atoms with Crippen LogP contribution in [0.1, 0.15) is 58.3 Å². The largest absolute Gasteiger partial charge is 0.496 e. The molecule has 0 saturated carbocycles. The second kappa shape index (κ2) is 7.95. The molecule has 0 spiro atoms. The number of esters is 1. The van der Waals surface area contributed by atoms with Crippen molar-refractivity contribution in [2.24, 2.45) is 11.3 Å². The van der Waals surface area contributed by atoms with Gasteiger partial charge >= 0.3 is 5.97 Å². The van der Waals surface area contributed by atoms with Crippen LogP contribution in [-0.4, -0.2) is 26.1 Å². The van der Waals surface area contributed by atoms with E-state index in [1.165, 1.54) is 30.4 Å². The van der Waals surface area contributed by atoms with Crippen molar-refractivity contribution >= 4 is 28.2 Å². The van der Waals surface area contributed by atoms with Crippen molar-refractivity contribution in [1.29, 1.82) is 0 Å². The number of anilines is 1. The van der Waals surface area contributed by atoms with E-state index in [9.17, 15) is 9.59 Å². The number of hydrogen-bond donors (Lipinski definition) is 1. The molecule has 1 aromatic heterocycles. The molecule has 28 heavy (non-hydrogen) atoms. The van der Waals surface area contributed by atoms with E-state index in [1.807, 2.05) is 6.07 Å². The van der Waals surface area contributed by atoms with E-state index in [0.717, 1.165) is 24.8 Å². The van der Waals surface area contributed by atoms with Gasteiger partial charge in [-0.1, -0.05) is 32.9 Å². The number of nitrogens with one attached hydrogen (secondary N) is 1. The van der Waals surface area contributed by atoms with Gasteiger partial charge in [-0.25, -0.2) is 4.79 Å². The number of carbonyl (C=O) groups excluding carboxylic acids is 2. The highest BCUT2D eigenvalue weighted by atomic mass is 32.1. The second-order valence-electron chi connectivity index (χ2n) is 8.16. The van der Waals surface area contributed by atoms with Crippen molar-refractivity contribution < 1.29 is 19.1 Å². The van der Waals surface area contributed by atoms with Crippen LogP contribution in [0.25, 0.3) is 0 Å². The minimum atomic E-state index is -0.401. The molecule has 0 bridgehead atoms.